The van der Waals surface area contributed by atoms with Crippen molar-refractivity contribution < 1.29 is 4.42 Å². The molecule has 0 saturated heterocycles. The first-order valence-corrected chi connectivity index (χ1v) is 7.27. The Bertz CT molecular complexity index is 317. The fourth-order valence-corrected chi connectivity index (χ4v) is 3.28. The maximum Gasteiger partial charge on any atom is 0.117 e. The van der Waals surface area contributed by atoms with Crippen LogP contribution >= 0.6 is 12.6 Å². The van der Waals surface area contributed by atoms with Crippen molar-refractivity contribution in [3.05, 3.63) is 24.2 Å². The molecule has 2 rings (SSSR count). The first-order valence-electron chi connectivity index (χ1n) is 6.63. The smallest absolute Gasteiger partial charge is 0.117 e. The third kappa shape index (κ3) is 3.29. The number of thiol groups is 1. The molecular formula is C14H23NOS. The third-order valence-electron chi connectivity index (χ3n) is 3.97. The summed E-state index contributed by atoms with van der Waals surface area (Å²) in [4.78, 5) is 2.49. The normalized spacial score (nSPS) is 19.0. The van der Waals surface area contributed by atoms with Crippen LogP contribution in [0, 0.1) is 5.41 Å². The van der Waals surface area contributed by atoms with Gasteiger partial charge in [-0.2, -0.15) is 12.6 Å². The Labute approximate surface area is 110 Å². The van der Waals surface area contributed by atoms with Crippen molar-refractivity contribution in [1.82, 2.24) is 4.90 Å². The van der Waals surface area contributed by atoms with Crippen molar-refractivity contribution in [2.45, 2.75) is 39.2 Å². The van der Waals surface area contributed by atoms with Crippen molar-refractivity contribution in [2.75, 3.05) is 18.8 Å². The summed E-state index contributed by atoms with van der Waals surface area (Å²) in [5.74, 6) is 2.08. The van der Waals surface area contributed by atoms with Gasteiger partial charge >= 0.3 is 0 Å². The molecule has 0 spiro atoms. The molecule has 17 heavy (non-hydrogen) atoms. The maximum atomic E-state index is 5.44. The molecule has 1 fully saturated rings. The lowest BCUT2D eigenvalue weighted by atomic mass is 9.88. The summed E-state index contributed by atoms with van der Waals surface area (Å²) < 4.78 is 5.44. The zero-order chi connectivity index (χ0) is 12.1. The lowest BCUT2D eigenvalue weighted by Gasteiger charge is -2.33. The van der Waals surface area contributed by atoms with E-state index in [1.807, 2.05) is 6.07 Å². The van der Waals surface area contributed by atoms with E-state index >= 15 is 0 Å². The van der Waals surface area contributed by atoms with Gasteiger partial charge in [-0.1, -0.05) is 19.8 Å². The van der Waals surface area contributed by atoms with Gasteiger partial charge in [-0.25, -0.2) is 0 Å². The van der Waals surface area contributed by atoms with E-state index in [1.165, 1.54) is 25.7 Å². The molecule has 3 heteroatoms. The summed E-state index contributed by atoms with van der Waals surface area (Å²) >= 11 is 4.58. The Kier molecular flexibility index (Phi) is 4.57. The highest BCUT2D eigenvalue weighted by Gasteiger charge is 2.34. The molecule has 0 amide bonds. The highest BCUT2D eigenvalue weighted by molar-refractivity contribution is 7.80. The molecule has 96 valence electrons. The van der Waals surface area contributed by atoms with Crippen LogP contribution in [0.25, 0.3) is 0 Å². The largest absolute Gasteiger partial charge is 0.468 e. The number of hydrogen-bond acceptors (Lipinski definition) is 3. The van der Waals surface area contributed by atoms with Crippen LogP contribution in [0.2, 0.25) is 0 Å². The van der Waals surface area contributed by atoms with Crippen LogP contribution in [0.15, 0.2) is 22.8 Å². The van der Waals surface area contributed by atoms with Gasteiger partial charge in [-0.3, -0.25) is 4.90 Å². The average Bonchev–Trinajstić information content (AvgIpc) is 3.00. The van der Waals surface area contributed by atoms with Crippen molar-refractivity contribution in [2.24, 2.45) is 5.41 Å². The molecule has 0 radical (unpaired) electrons. The summed E-state index contributed by atoms with van der Waals surface area (Å²) in [5.41, 5.74) is 0.450. The Balaban J connectivity index is 1.94. The van der Waals surface area contributed by atoms with Gasteiger partial charge in [0.15, 0.2) is 0 Å². The molecule has 1 heterocycles. The molecule has 1 aliphatic rings. The molecule has 0 N–H and O–H groups in total. The number of hydrogen-bond donors (Lipinski definition) is 1. The van der Waals surface area contributed by atoms with Gasteiger partial charge in [-0.05, 0) is 42.7 Å². The van der Waals surface area contributed by atoms with Crippen LogP contribution in [0.3, 0.4) is 0 Å². The van der Waals surface area contributed by atoms with E-state index in [0.717, 1.165) is 31.1 Å². The molecule has 1 aliphatic carbocycles. The van der Waals surface area contributed by atoms with Crippen LogP contribution < -0.4 is 0 Å². The van der Waals surface area contributed by atoms with E-state index in [-0.39, 0.29) is 0 Å². The predicted octanol–water partition coefficient (Wildman–Crippen LogP) is 3.59. The first-order chi connectivity index (χ1) is 8.28. The van der Waals surface area contributed by atoms with E-state index in [2.05, 4.69) is 30.5 Å². The summed E-state index contributed by atoms with van der Waals surface area (Å²) in [6.07, 6.45) is 7.18. The van der Waals surface area contributed by atoms with Gasteiger partial charge in [0.1, 0.15) is 5.76 Å². The van der Waals surface area contributed by atoms with Crippen molar-refractivity contribution in [3.63, 3.8) is 0 Å². The number of furan rings is 1. The number of rotatable bonds is 6. The summed E-state index contributed by atoms with van der Waals surface area (Å²) in [6.45, 7) is 5.40. The third-order valence-corrected chi connectivity index (χ3v) is 4.64. The molecule has 1 aromatic rings. The van der Waals surface area contributed by atoms with E-state index in [9.17, 15) is 0 Å². The molecule has 2 nitrogen and oxygen atoms in total. The molecule has 0 bridgehead atoms. The van der Waals surface area contributed by atoms with Gasteiger partial charge in [0.25, 0.3) is 0 Å². The second-order valence-electron chi connectivity index (χ2n) is 5.25. The Morgan fingerprint density at radius 1 is 1.41 bits per heavy atom. The summed E-state index contributed by atoms with van der Waals surface area (Å²) in [7, 11) is 0. The minimum absolute atomic E-state index is 0.450. The Morgan fingerprint density at radius 3 is 2.71 bits per heavy atom. The summed E-state index contributed by atoms with van der Waals surface area (Å²) in [6, 6.07) is 4.03. The highest BCUT2D eigenvalue weighted by atomic mass is 32.1. The van der Waals surface area contributed by atoms with Crippen molar-refractivity contribution >= 4 is 12.6 Å². The van der Waals surface area contributed by atoms with Crippen LogP contribution in [0.1, 0.15) is 38.4 Å². The zero-order valence-corrected chi connectivity index (χ0v) is 11.6. The minimum Gasteiger partial charge on any atom is -0.468 e. The van der Waals surface area contributed by atoms with Crippen molar-refractivity contribution in [3.8, 4) is 0 Å². The van der Waals surface area contributed by atoms with E-state index in [0.29, 0.717) is 5.41 Å². The second kappa shape index (κ2) is 5.96. The Hall–Kier alpha value is -0.410. The Morgan fingerprint density at radius 2 is 2.18 bits per heavy atom. The van der Waals surface area contributed by atoms with E-state index in [4.69, 9.17) is 4.42 Å². The molecule has 1 aromatic heterocycles. The van der Waals surface area contributed by atoms with E-state index < -0.39 is 0 Å². The standard InChI is InChI=1S/C14H23NOS/c1-2-15(10-13-6-5-9-16-13)11-14(12-17)7-3-4-8-14/h5-6,9,17H,2-4,7-8,10-12H2,1H3. The van der Waals surface area contributed by atoms with Gasteiger partial charge in [-0.15, -0.1) is 0 Å². The molecule has 0 unspecified atom stereocenters. The summed E-state index contributed by atoms with van der Waals surface area (Å²) in [5, 5.41) is 0. The maximum absolute atomic E-state index is 5.44. The molecule has 0 aliphatic heterocycles. The first kappa shape index (κ1) is 13.0. The van der Waals surface area contributed by atoms with Crippen LogP contribution in [0.5, 0.6) is 0 Å². The fourth-order valence-electron chi connectivity index (χ4n) is 2.87. The predicted molar refractivity (Wildman–Crippen MR) is 74.4 cm³/mol. The van der Waals surface area contributed by atoms with Crippen LogP contribution in [-0.4, -0.2) is 23.7 Å². The van der Waals surface area contributed by atoms with Gasteiger partial charge in [0.2, 0.25) is 0 Å². The van der Waals surface area contributed by atoms with Gasteiger partial charge < -0.3 is 4.42 Å². The van der Waals surface area contributed by atoms with Gasteiger partial charge in [0, 0.05) is 6.54 Å². The molecule has 1 saturated carbocycles. The topological polar surface area (TPSA) is 16.4 Å². The SMILES string of the molecule is CCN(Cc1ccco1)CC1(CS)CCCC1. The quantitative estimate of drug-likeness (QED) is 0.780. The zero-order valence-electron chi connectivity index (χ0n) is 10.7. The molecule has 0 atom stereocenters. The highest BCUT2D eigenvalue weighted by Crippen LogP contribution is 2.39. The van der Waals surface area contributed by atoms with Gasteiger partial charge in [0.05, 0.1) is 12.8 Å². The molecule has 0 aromatic carbocycles. The number of nitrogens with zero attached hydrogens (tertiary/aromatic N) is 1. The minimum atomic E-state index is 0.450. The monoisotopic (exact) mass is 253 g/mol. The lowest BCUT2D eigenvalue weighted by molar-refractivity contribution is 0.162. The van der Waals surface area contributed by atoms with Crippen molar-refractivity contribution in [1.29, 1.82) is 0 Å². The molecular weight excluding hydrogens is 230 g/mol. The van der Waals surface area contributed by atoms with E-state index in [1.54, 1.807) is 6.26 Å². The fraction of sp³-hybridized carbons (Fsp3) is 0.714. The van der Waals surface area contributed by atoms with Crippen LogP contribution in [0.4, 0.5) is 0 Å². The second-order valence-corrected chi connectivity index (χ2v) is 5.56. The average molecular weight is 253 g/mol. The lowest BCUT2D eigenvalue weighted by Crippen LogP contribution is -2.37. The van der Waals surface area contributed by atoms with Crippen LogP contribution in [-0.2, 0) is 6.54 Å².